The van der Waals surface area contributed by atoms with Crippen LogP contribution in [0.4, 0.5) is 0 Å². The quantitative estimate of drug-likeness (QED) is 0.860. The Morgan fingerprint density at radius 3 is 2.64 bits per heavy atom. The number of benzene rings is 1. The second-order valence-electron chi connectivity index (χ2n) is 5.79. The smallest absolute Gasteiger partial charge is 0.223 e. The first-order valence-electron chi connectivity index (χ1n) is 7.92. The molecule has 1 N–H and O–H groups in total. The van der Waals surface area contributed by atoms with Crippen LogP contribution in [0.5, 0.6) is 0 Å². The summed E-state index contributed by atoms with van der Waals surface area (Å²) in [5, 5.41) is 3.10. The van der Waals surface area contributed by atoms with E-state index in [0.29, 0.717) is 0 Å². The SMILES string of the molecule is CCCC(C)C(=O)N[C@@H](C)c1cccc(-c2cccnc2)c1. The fourth-order valence-electron chi connectivity index (χ4n) is 2.52. The van der Waals surface area contributed by atoms with Gasteiger partial charge in [0, 0.05) is 18.3 Å². The van der Waals surface area contributed by atoms with Gasteiger partial charge in [0.1, 0.15) is 0 Å². The average Bonchev–Trinajstić information content (AvgIpc) is 2.56. The first-order valence-corrected chi connectivity index (χ1v) is 7.92. The maximum atomic E-state index is 12.2. The van der Waals surface area contributed by atoms with Crippen LogP contribution in [-0.2, 0) is 4.79 Å². The molecule has 1 unspecified atom stereocenters. The summed E-state index contributed by atoms with van der Waals surface area (Å²) in [4.78, 5) is 16.3. The number of nitrogens with zero attached hydrogens (tertiary/aromatic N) is 1. The Labute approximate surface area is 132 Å². The van der Waals surface area contributed by atoms with Gasteiger partial charge in [-0.1, -0.05) is 44.5 Å². The topological polar surface area (TPSA) is 42.0 Å². The molecule has 0 radical (unpaired) electrons. The van der Waals surface area contributed by atoms with Gasteiger partial charge in [0.25, 0.3) is 0 Å². The van der Waals surface area contributed by atoms with Gasteiger partial charge in [0.2, 0.25) is 5.91 Å². The summed E-state index contributed by atoms with van der Waals surface area (Å²) in [6.07, 6.45) is 5.57. The Kier molecular flexibility index (Phi) is 5.70. The third-order valence-electron chi connectivity index (χ3n) is 3.91. The normalized spacial score (nSPS) is 13.4. The second-order valence-corrected chi connectivity index (χ2v) is 5.79. The van der Waals surface area contributed by atoms with Crippen molar-refractivity contribution in [2.45, 2.75) is 39.7 Å². The minimum absolute atomic E-state index is 0.00317. The van der Waals surface area contributed by atoms with E-state index in [1.54, 1.807) is 6.20 Å². The van der Waals surface area contributed by atoms with Gasteiger partial charge < -0.3 is 5.32 Å². The molecule has 0 spiro atoms. The average molecular weight is 296 g/mol. The van der Waals surface area contributed by atoms with Crippen LogP contribution in [0.2, 0.25) is 0 Å². The molecule has 2 rings (SSSR count). The lowest BCUT2D eigenvalue weighted by atomic mass is 10.00. The summed E-state index contributed by atoms with van der Waals surface area (Å²) in [6, 6.07) is 12.2. The second kappa shape index (κ2) is 7.74. The van der Waals surface area contributed by atoms with Gasteiger partial charge >= 0.3 is 0 Å². The Hall–Kier alpha value is -2.16. The Balaban J connectivity index is 2.11. The van der Waals surface area contributed by atoms with Crippen LogP contribution < -0.4 is 5.32 Å². The number of pyridine rings is 1. The number of aromatic nitrogens is 1. The Bertz CT molecular complexity index is 610. The third kappa shape index (κ3) is 4.17. The van der Waals surface area contributed by atoms with Gasteiger partial charge in [-0.05, 0) is 42.2 Å². The molecular weight excluding hydrogens is 272 g/mol. The van der Waals surface area contributed by atoms with Crippen molar-refractivity contribution in [2.75, 3.05) is 0 Å². The van der Waals surface area contributed by atoms with Gasteiger partial charge in [-0.25, -0.2) is 0 Å². The zero-order valence-electron chi connectivity index (χ0n) is 13.5. The standard InChI is InChI=1S/C19H24N2O/c1-4-7-14(2)19(22)21-15(3)16-8-5-9-17(12-16)18-10-6-11-20-13-18/h5-6,8-15H,4,7H2,1-3H3,(H,21,22)/t14?,15-/m0/s1. The first kappa shape index (κ1) is 16.2. The van der Waals surface area contributed by atoms with Crippen molar-refractivity contribution in [1.29, 1.82) is 0 Å². The molecule has 0 aliphatic heterocycles. The molecule has 0 saturated carbocycles. The van der Waals surface area contributed by atoms with E-state index >= 15 is 0 Å². The fraction of sp³-hybridized carbons (Fsp3) is 0.368. The molecular formula is C19H24N2O. The largest absolute Gasteiger partial charge is 0.349 e. The highest BCUT2D eigenvalue weighted by molar-refractivity contribution is 5.78. The van der Waals surface area contributed by atoms with E-state index in [2.05, 4.69) is 35.4 Å². The highest BCUT2D eigenvalue weighted by atomic mass is 16.1. The summed E-state index contributed by atoms with van der Waals surface area (Å²) in [6.45, 7) is 6.11. The van der Waals surface area contributed by atoms with Crippen LogP contribution in [0, 0.1) is 5.92 Å². The van der Waals surface area contributed by atoms with E-state index in [1.807, 2.05) is 38.2 Å². The van der Waals surface area contributed by atoms with Gasteiger partial charge in [0.15, 0.2) is 0 Å². The van der Waals surface area contributed by atoms with Crippen molar-refractivity contribution in [3.8, 4) is 11.1 Å². The number of amides is 1. The van der Waals surface area contributed by atoms with Crippen LogP contribution in [-0.4, -0.2) is 10.9 Å². The van der Waals surface area contributed by atoms with Crippen LogP contribution in [0.25, 0.3) is 11.1 Å². The summed E-state index contributed by atoms with van der Waals surface area (Å²) >= 11 is 0. The molecule has 116 valence electrons. The van der Waals surface area contributed by atoms with E-state index in [4.69, 9.17) is 0 Å². The summed E-state index contributed by atoms with van der Waals surface area (Å²) in [5.41, 5.74) is 3.31. The van der Waals surface area contributed by atoms with Crippen LogP contribution in [0.3, 0.4) is 0 Å². The predicted octanol–water partition coefficient (Wildman–Crippen LogP) is 4.36. The number of hydrogen-bond acceptors (Lipinski definition) is 2. The van der Waals surface area contributed by atoms with Crippen molar-refractivity contribution >= 4 is 5.91 Å². The lowest BCUT2D eigenvalue weighted by molar-refractivity contribution is -0.125. The van der Waals surface area contributed by atoms with Crippen molar-refractivity contribution < 1.29 is 4.79 Å². The molecule has 0 bridgehead atoms. The summed E-state index contributed by atoms with van der Waals surface area (Å²) < 4.78 is 0. The Morgan fingerprint density at radius 2 is 1.95 bits per heavy atom. The lowest BCUT2D eigenvalue weighted by Gasteiger charge is -2.18. The van der Waals surface area contributed by atoms with Crippen molar-refractivity contribution in [2.24, 2.45) is 5.92 Å². The number of carbonyl (C=O) groups excluding carboxylic acids is 1. The maximum absolute atomic E-state index is 12.2. The van der Waals surface area contributed by atoms with Crippen LogP contribution in [0.15, 0.2) is 48.8 Å². The monoisotopic (exact) mass is 296 g/mol. The zero-order valence-corrected chi connectivity index (χ0v) is 13.5. The van der Waals surface area contributed by atoms with Crippen molar-refractivity contribution in [3.05, 3.63) is 54.4 Å². The number of nitrogens with one attached hydrogen (secondary N) is 1. The summed E-state index contributed by atoms with van der Waals surface area (Å²) in [7, 11) is 0. The minimum Gasteiger partial charge on any atom is -0.349 e. The molecule has 3 heteroatoms. The van der Waals surface area contributed by atoms with E-state index in [0.717, 1.165) is 29.5 Å². The van der Waals surface area contributed by atoms with E-state index < -0.39 is 0 Å². The highest BCUT2D eigenvalue weighted by Gasteiger charge is 2.15. The minimum atomic E-state index is 0.00317. The van der Waals surface area contributed by atoms with E-state index in [1.165, 1.54) is 0 Å². The number of carbonyl (C=O) groups is 1. The predicted molar refractivity (Wildman–Crippen MR) is 90.3 cm³/mol. The maximum Gasteiger partial charge on any atom is 0.223 e. The van der Waals surface area contributed by atoms with Crippen LogP contribution in [0.1, 0.15) is 45.2 Å². The first-order chi connectivity index (χ1) is 10.6. The van der Waals surface area contributed by atoms with Gasteiger partial charge in [-0.2, -0.15) is 0 Å². The third-order valence-corrected chi connectivity index (χ3v) is 3.91. The molecule has 1 aromatic heterocycles. The molecule has 2 atom stereocenters. The van der Waals surface area contributed by atoms with Gasteiger partial charge in [-0.15, -0.1) is 0 Å². The molecule has 1 aromatic carbocycles. The van der Waals surface area contributed by atoms with E-state index in [9.17, 15) is 4.79 Å². The molecule has 2 aromatic rings. The molecule has 1 heterocycles. The van der Waals surface area contributed by atoms with Gasteiger partial charge in [-0.3, -0.25) is 9.78 Å². The molecule has 0 saturated heterocycles. The van der Waals surface area contributed by atoms with Gasteiger partial charge in [0.05, 0.1) is 6.04 Å². The van der Waals surface area contributed by atoms with E-state index in [-0.39, 0.29) is 17.9 Å². The Morgan fingerprint density at radius 1 is 1.18 bits per heavy atom. The fourth-order valence-corrected chi connectivity index (χ4v) is 2.52. The summed E-state index contributed by atoms with van der Waals surface area (Å²) in [5.74, 6) is 0.190. The molecule has 0 aliphatic carbocycles. The van der Waals surface area contributed by atoms with Crippen molar-refractivity contribution in [3.63, 3.8) is 0 Å². The molecule has 0 fully saturated rings. The van der Waals surface area contributed by atoms with Crippen molar-refractivity contribution in [1.82, 2.24) is 10.3 Å². The molecule has 22 heavy (non-hydrogen) atoms. The molecule has 3 nitrogen and oxygen atoms in total. The number of hydrogen-bond donors (Lipinski definition) is 1. The number of rotatable bonds is 6. The highest BCUT2D eigenvalue weighted by Crippen LogP contribution is 2.22. The van der Waals surface area contributed by atoms with Crippen LogP contribution >= 0.6 is 0 Å². The lowest BCUT2D eigenvalue weighted by Crippen LogP contribution is -2.31. The zero-order chi connectivity index (χ0) is 15.9. The molecule has 0 aliphatic rings. The molecule has 1 amide bonds.